The highest BCUT2D eigenvalue weighted by Crippen LogP contribution is 2.49. The first-order valence-corrected chi connectivity index (χ1v) is 12.3. The summed E-state index contributed by atoms with van der Waals surface area (Å²) >= 11 is 0. The zero-order valence-corrected chi connectivity index (χ0v) is 21.1. The zero-order chi connectivity index (χ0) is 25.4. The quantitative estimate of drug-likeness (QED) is 0.288. The predicted molar refractivity (Wildman–Crippen MR) is 143 cm³/mol. The smallest absolute Gasteiger partial charge is 0.124 e. The first-order valence-electron chi connectivity index (χ1n) is 12.3. The lowest BCUT2D eigenvalue weighted by Gasteiger charge is -2.26. The van der Waals surface area contributed by atoms with Crippen molar-refractivity contribution in [2.45, 2.75) is 12.3 Å². The van der Waals surface area contributed by atoms with Gasteiger partial charge in [-0.3, -0.25) is 14.6 Å². The second-order valence-electron chi connectivity index (χ2n) is 9.40. The van der Waals surface area contributed by atoms with Gasteiger partial charge in [-0.05, 0) is 54.2 Å². The Morgan fingerprint density at radius 2 is 1.70 bits per heavy atom. The van der Waals surface area contributed by atoms with Gasteiger partial charge in [-0.2, -0.15) is 5.10 Å². The molecule has 0 radical (unpaired) electrons. The Kier molecular flexibility index (Phi) is 5.92. The number of fused-ring (bicyclic) bond motifs is 1. The Bertz CT molecular complexity index is 1530. The van der Waals surface area contributed by atoms with Crippen LogP contribution in [-0.4, -0.2) is 45.5 Å². The highest BCUT2D eigenvalue weighted by atomic mass is 16.5. The lowest BCUT2D eigenvalue weighted by Crippen LogP contribution is -2.20. The lowest BCUT2D eigenvalue weighted by molar-refractivity contribution is 0.394. The van der Waals surface area contributed by atoms with Crippen LogP contribution in [-0.2, 0) is 7.05 Å². The molecule has 8 nitrogen and oxygen atoms in total. The number of hydrogen-bond acceptors (Lipinski definition) is 7. The van der Waals surface area contributed by atoms with Crippen molar-refractivity contribution in [3.8, 4) is 22.8 Å². The van der Waals surface area contributed by atoms with E-state index in [-0.39, 0.29) is 0 Å². The van der Waals surface area contributed by atoms with Crippen molar-refractivity contribution in [2.24, 2.45) is 13.0 Å². The summed E-state index contributed by atoms with van der Waals surface area (Å²) in [5.41, 5.74) is 6.81. The standard InChI is InChI=1S/C29H28N6O2/c1-34-17-21(15-32-34)29-16-31-27-5-4-22(13-28(27)33-29)35(23-11-24(36-2)14-25(12-23)37-3)18-20-10-26(20)19-6-8-30-9-7-19/h4-9,11-17,20,26H,10,18H2,1-3H3. The van der Waals surface area contributed by atoms with Crippen LogP contribution in [0.15, 0.2) is 79.5 Å². The van der Waals surface area contributed by atoms with Crippen LogP contribution in [0.4, 0.5) is 11.4 Å². The van der Waals surface area contributed by atoms with Crippen LogP contribution in [0.2, 0.25) is 0 Å². The molecule has 0 amide bonds. The Balaban J connectivity index is 1.39. The summed E-state index contributed by atoms with van der Waals surface area (Å²) in [7, 11) is 5.25. The van der Waals surface area contributed by atoms with Crippen molar-refractivity contribution in [3.05, 3.63) is 85.1 Å². The average molecular weight is 493 g/mol. The van der Waals surface area contributed by atoms with E-state index in [4.69, 9.17) is 14.5 Å². The Morgan fingerprint density at radius 3 is 2.41 bits per heavy atom. The average Bonchev–Trinajstić information content (AvgIpc) is 3.59. The van der Waals surface area contributed by atoms with Gasteiger partial charge in [0, 0.05) is 67.3 Å². The van der Waals surface area contributed by atoms with E-state index in [1.54, 1.807) is 31.3 Å². The summed E-state index contributed by atoms with van der Waals surface area (Å²) in [6, 6.07) is 16.5. The Labute approximate surface area is 215 Å². The molecule has 1 aliphatic rings. The highest BCUT2D eigenvalue weighted by Gasteiger charge is 2.39. The molecule has 2 unspecified atom stereocenters. The Hall–Kier alpha value is -4.46. The van der Waals surface area contributed by atoms with Crippen molar-refractivity contribution in [1.29, 1.82) is 0 Å². The van der Waals surface area contributed by atoms with E-state index in [2.05, 4.69) is 44.2 Å². The molecule has 3 heterocycles. The van der Waals surface area contributed by atoms with E-state index in [9.17, 15) is 0 Å². The topological polar surface area (TPSA) is 78.2 Å². The van der Waals surface area contributed by atoms with Crippen molar-refractivity contribution in [3.63, 3.8) is 0 Å². The minimum atomic E-state index is 0.517. The van der Waals surface area contributed by atoms with Crippen LogP contribution in [0.25, 0.3) is 22.3 Å². The van der Waals surface area contributed by atoms with Gasteiger partial charge in [0.1, 0.15) is 11.5 Å². The molecule has 2 aromatic carbocycles. The number of rotatable bonds is 8. The number of anilines is 2. The van der Waals surface area contributed by atoms with Gasteiger partial charge in [0.05, 0.1) is 43.3 Å². The fraction of sp³-hybridized carbons (Fsp3) is 0.241. The molecule has 186 valence electrons. The van der Waals surface area contributed by atoms with Crippen molar-refractivity contribution in [2.75, 3.05) is 25.7 Å². The van der Waals surface area contributed by atoms with Crippen molar-refractivity contribution in [1.82, 2.24) is 24.7 Å². The van der Waals surface area contributed by atoms with E-state index in [1.165, 1.54) is 5.56 Å². The maximum atomic E-state index is 5.59. The second-order valence-corrected chi connectivity index (χ2v) is 9.40. The summed E-state index contributed by atoms with van der Waals surface area (Å²) < 4.78 is 12.9. The van der Waals surface area contributed by atoms with Gasteiger partial charge >= 0.3 is 0 Å². The summed E-state index contributed by atoms with van der Waals surface area (Å²) in [5, 5.41) is 4.28. The van der Waals surface area contributed by atoms with Gasteiger partial charge in [0.25, 0.3) is 0 Å². The fourth-order valence-electron chi connectivity index (χ4n) is 4.87. The van der Waals surface area contributed by atoms with Crippen LogP contribution in [0, 0.1) is 5.92 Å². The Morgan fingerprint density at radius 1 is 0.919 bits per heavy atom. The molecule has 6 rings (SSSR count). The molecule has 1 fully saturated rings. The molecule has 3 aromatic heterocycles. The monoisotopic (exact) mass is 492 g/mol. The number of benzene rings is 2. The molecular formula is C29H28N6O2. The number of hydrogen-bond donors (Lipinski definition) is 0. The molecule has 0 spiro atoms. The van der Waals surface area contributed by atoms with Gasteiger partial charge in [0.2, 0.25) is 0 Å². The summed E-state index contributed by atoms with van der Waals surface area (Å²) in [4.78, 5) is 16.1. The van der Waals surface area contributed by atoms with E-state index >= 15 is 0 Å². The molecule has 1 aliphatic carbocycles. The molecule has 2 atom stereocenters. The molecule has 1 saturated carbocycles. The van der Waals surface area contributed by atoms with Gasteiger partial charge < -0.3 is 14.4 Å². The summed E-state index contributed by atoms with van der Waals surface area (Å²) in [6.07, 6.45) is 10.4. The van der Waals surface area contributed by atoms with E-state index in [0.717, 1.165) is 58.1 Å². The largest absolute Gasteiger partial charge is 0.497 e. The third-order valence-corrected chi connectivity index (χ3v) is 6.96. The second kappa shape index (κ2) is 9.54. The van der Waals surface area contributed by atoms with Crippen molar-refractivity contribution < 1.29 is 9.47 Å². The zero-order valence-electron chi connectivity index (χ0n) is 21.1. The minimum absolute atomic E-state index is 0.517. The van der Waals surface area contributed by atoms with Crippen molar-refractivity contribution >= 4 is 22.4 Å². The first kappa shape index (κ1) is 23.0. The lowest BCUT2D eigenvalue weighted by atomic mass is 10.1. The molecule has 0 saturated heterocycles. The number of pyridine rings is 1. The molecule has 5 aromatic rings. The number of methoxy groups -OCH3 is 2. The van der Waals surface area contributed by atoms with Crippen LogP contribution in [0.3, 0.4) is 0 Å². The maximum absolute atomic E-state index is 5.59. The van der Waals surface area contributed by atoms with Gasteiger partial charge in [-0.15, -0.1) is 0 Å². The molecular weight excluding hydrogens is 464 g/mol. The number of ether oxygens (including phenoxy) is 2. The normalized spacial score (nSPS) is 16.5. The van der Waals surface area contributed by atoms with E-state index in [1.807, 2.05) is 49.9 Å². The van der Waals surface area contributed by atoms with Gasteiger partial charge in [-0.1, -0.05) is 0 Å². The van der Waals surface area contributed by atoms with E-state index in [0.29, 0.717) is 11.8 Å². The molecule has 0 bridgehead atoms. The number of aromatic nitrogens is 5. The SMILES string of the molecule is COc1cc(OC)cc(N(CC2CC2c2ccncc2)c2ccc3ncc(-c4cnn(C)c4)nc3c2)c1. The maximum Gasteiger partial charge on any atom is 0.124 e. The highest BCUT2D eigenvalue weighted by molar-refractivity contribution is 5.82. The van der Waals surface area contributed by atoms with Crippen LogP contribution >= 0.6 is 0 Å². The van der Waals surface area contributed by atoms with Crippen LogP contribution in [0.1, 0.15) is 17.9 Å². The fourth-order valence-corrected chi connectivity index (χ4v) is 4.87. The summed E-state index contributed by atoms with van der Waals surface area (Å²) in [6.45, 7) is 0.852. The molecule has 8 heteroatoms. The van der Waals surface area contributed by atoms with Gasteiger partial charge in [-0.25, -0.2) is 4.98 Å². The number of nitrogens with zero attached hydrogens (tertiary/aromatic N) is 6. The predicted octanol–water partition coefficient (Wildman–Crippen LogP) is 5.38. The number of aryl methyl sites for hydroxylation is 1. The third-order valence-electron chi connectivity index (χ3n) is 6.96. The van der Waals surface area contributed by atoms with E-state index < -0.39 is 0 Å². The van der Waals surface area contributed by atoms with Gasteiger partial charge in [0.15, 0.2) is 0 Å². The van der Waals surface area contributed by atoms with Crippen LogP contribution in [0.5, 0.6) is 11.5 Å². The third kappa shape index (κ3) is 4.70. The molecule has 37 heavy (non-hydrogen) atoms. The molecule has 0 aliphatic heterocycles. The molecule has 0 N–H and O–H groups in total. The minimum Gasteiger partial charge on any atom is -0.497 e. The first-order chi connectivity index (χ1) is 18.1. The summed E-state index contributed by atoms with van der Waals surface area (Å²) in [5.74, 6) is 2.54. The van der Waals surface area contributed by atoms with Crippen LogP contribution < -0.4 is 14.4 Å².